The number of unbranched alkanes of at least 4 members (excludes halogenated alkanes) is 7. The Morgan fingerprint density at radius 3 is 2.39 bits per heavy atom. The first-order valence-electron chi connectivity index (χ1n) is 7.45. The standard InChI is InChI=1S/C16H27NO/c1-2-3-4-5-6-7-8-9-10-11-12-13-16-14-18-15-17-16/h8-9,14-15H,2-7,10-13H2,1H3. The molecular formula is C16H27NO. The lowest BCUT2D eigenvalue weighted by atomic mass is 10.1. The molecule has 1 aromatic heterocycles. The van der Waals surface area contributed by atoms with Crippen LogP contribution in [0.15, 0.2) is 29.2 Å². The molecule has 0 aliphatic carbocycles. The molecule has 0 radical (unpaired) electrons. The third kappa shape index (κ3) is 8.10. The van der Waals surface area contributed by atoms with Gasteiger partial charge in [0.25, 0.3) is 0 Å². The van der Waals surface area contributed by atoms with Crippen molar-refractivity contribution in [1.29, 1.82) is 0 Å². The predicted octanol–water partition coefficient (Wildman–Crippen LogP) is 5.30. The van der Waals surface area contributed by atoms with E-state index in [0.29, 0.717) is 0 Å². The minimum absolute atomic E-state index is 1.04. The van der Waals surface area contributed by atoms with Crippen LogP contribution in [0.25, 0.3) is 0 Å². The number of rotatable bonds is 11. The van der Waals surface area contributed by atoms with Crippen molar-refractivity contribution in [3.05, 3.63) is 30.5 Å². The highest BCUT2D eigenvalue weighted by Gasteiger charge is 1.94. The van der Waals surface area contributed by atoms with E-state index >= 15 is 0 Å². The van der Waals surface area contributed by atoms with Gasteiger partial charge in [0.2, 0.25) is 0 Å². The zero-order valence-electron chi connectivity index (χ0n) is 11.7. The van der Waals surface area contributed by atoms with Crippen LogP contribution in [0.3, 0.4) is 0 Å². The first-order chi connectivity index (χ1) is 8.93. The maximum Gasteiger partial charge on any atom is 0.180 e. The Bertz CT molecular complexity index is 290. The van der Waals surface area contributed by atoms with Crippen LogP contribution >= 0.6 is 0 Å². The highest BCUT2D eigenvalue weighted by Crippen LogP contribution is 2.07. The van der Waals surface area contributed by atoms with Gasteiger partial charge in [-0.15, -0.1) is 0 Å². The molecule has 0 bridgehead atoms. The van der Waals surface area contributed by atoms with Gasteiger partial charge in [-0.25, -0.2) is 4.98 Å². The van der Waals surface area contributed by atoms with Crippen molar-refractivity contribution in [2.45, 2.75) is 71.1 Å². The van der Waals surface area contributed by atoms with Gasteiger partial charge >= 0.3 is 0 Å². The molecule has 0 unspecified atom stereocenters. The molecule has 0 fully saturated rings. The Kier molecular flexibility index (Phi) is 9.23. The van der Waals surface area contributed by atoms with Crippen LogP contribution < -0.4 is 0 Å². The van der Waals surface area contributed by atoms with E-state index in [4.69, 9.17) is 4.42 Å². The number of allylic oxidation sites excluding steroid dienone is 2. The highest BCUT2D eigenvalue weighted by molar-refractivity contribution is 4.90. The van der Waals surface area contributed by atoms with E-state index in [0.717, 1.165) is 12.1 Å². The summed E-state index contributed by atoms with van der Waals surface area (Å²) in [4.78, 5) is 4.11. The van der Waals surface area contributed by atoms with E-state index < -0.39 is 0 Å². The van der Waals surface area contributed by atoms with Gasteiger partial charge in [0.05, 0.1) is 5.69 Å². The van der Waals surface area contributed by atoms with E-state index in [1.54, 1.807) is 6.26 Å². The summed E-state index contributed by atoms with van der Waals surface area (Å²) < 4.78 is 4.94. The molecule has 0 saturated carbocycles. The van der Waals surface area contributed by atoms with Crippen molar-refractivity contribution in [2.75, 3.05) is 0 Å². The molecule has 1 aromatic rings. The molecule has 1 heterocycles. The second-order valence-electron chi connectivity index (χ2n) is 4.90. The Morgan fingerprint density at radius 2 is 1.72 bits per heavy atom. The lowest BCUT2D eigenvalue weighted by Gasteiger charge is -1.97. The smallest absolute Gasteiger partial charge is 0.180 e. The molecule has 18 heavy (non-hydrogen) atoms. The molecule has 2 heteroatoms. The second-order valence-corrected chi connectivity index (χ2v) is 4.90. The third-order valence-electron chi connectivity index (χ3n) is 3.18. The van der Waals surface area contributed by atoms with Crippen molar-refractivity contribution in [2.24, 2.45) is 0 Å². The number of hydrogen-bond donors (Lipinski definition) is 0. The Morgan fingerprint density at radius 1 is 1.00 bits per heavy atom. The summed E-state index contributed by atoms with van der Waals surface area (Å²) in [7, 11) is 0. The minimum Gasteiger partial charge on any atom is -0.451 e. The van der Waals surface area contributed by atoms with Gasteiger partial charge in [-0.1, -0.05) is 44.8 Å². The third-order valence-corrected chi connectivity index (χ3v) is 3.18. The maximum absolute atomic E-state index is 4.94. The van der Waals surface area contributed by atoms with E-state index in [9.17, 15) is 0 Å². The average Bonchev–Trinajstić information content (AvgIpc) is 2.89. The molecule has 0 N–H and O–H groups in total. The van der Waals surface area contributed by atoms with E-state index in [1.807, 2.05) is 0 Å². The van der Waals surface area contributed by atoms with Crippen LogP contribution in [0.5, 0.6) is 0 Å². The molecule has 0 amide bonds. The lowest BCUT2D eigenvalue weighted by Crippen LogP contribution is -1.84. The first kappa shape index (κ1) is 15.0. The van der Waals surface area contributed by atoms with Crippen LogP contribution in [0.1, 0.15) is 70.4 Å². The lowest BCUT2D eigenvalue weighted by molar-refractivity contribution is 0.555. The topological polar surface area (TPSA) is 26.0 Å². The second kappa shape index (κ2) is 11.1. The van der Waals surface area contributed by atoms with E-state index in [-0.39, 0.29) is 0 Å². The monoisotopic (exact) mass is 249 g/mol. The maximum atomic E-state index is 4.94. The molecule has 0 aliphatic heterocycles. The average molecular weight is 249 g/mol. The van der Waals surface area contributed by atoms with Crippen LogP contribution in [-0.2, 0) is 6.42 Å². The van der Waals surface area contributed by atoms with Crippen LogP contribution in [-0.4, -0.2) is 4.98 Å². The van der Waals surface area contributed by atoms with Crippen LogP contribution in [0, 0.1) is 0 Å². The SMILES string of the molecule is CCCCCCCC=CCCCCc1cocn1. The van der Waals surface area contributed by atoms with Gasteiger partial charge in [0.1, 0.15) is 6.26 Å². The summed E-state index contributed by atoms with van der Waals surface area (Å²) in [6.07, 6.45) is 20.8. The fraction of sp³-hybridized carbons (Fsp3) is 0.688. The quantitative estimate of drug-likeness (QED) is 0.392. The molecule has 0 aliphatic rings. The number of hydrogen-bond acceptors (Lipinski definition) is 2. The van der Waals surface area contributed by atoms with Gasteiger partial charge in [0, 0.05) is 0 Å². The zero-order chi connectivity index (χ0) is 12.9. The highest BCUT2D eigenvalue weighted by atomic mass is 16.3. The minimum atomic E-state index is 1.04. The van der Waals surface area contributed by atoms with E-state index in [1.165, 1.54) is 64.2 Å². The molecule has 0 saturated heterocycles. The van der Waals surface area contributed by atoms with Gasteiger partial charge in [-0.2, -0.15) is 0 Å². The number of aryl methyl sites for hydroxylation is 1. The van der Waals surface area contributed by atoms with Crippen molar-refractivity contribution < 1.29 is 4.42 Å². The largest absolute Gasteiger partial charge is 0.451 e. The van der Waals surface area contributed by atoms with E-state index in [2.05, 4.69) is 24.1 Å². The Hall–Kier alpha value is -1.05. The summed E-state index contributed by atoms with van der Waals surface area (Å²) >= 11 is 0. The number of nitrogens with zero attached hydrogens (tertiary/aromatic N) is 1. The molecule has 0 atom stereocenters. The van der Waals surface area contributed by atoms with Crippen LogP contribution in [0.2, 0.25) is 0 Å². The van der Waals surface area contributed by atoms with Crippen molar-refractivity contribution >= 4 is 0 Å². The zero-order valence-corrected chi connectivity index (χ0v) is 11.7. The molecule has 0 spiro atoms. The molecule has 102 valence electrons. The first-order valence-corrected chi connectivity index (χ1v) is 7.45. The summed E-state index contributed by atoms with van der Waals surface area (Å²) in [6.45, 7) is 2.26. The fourth-order valence-electron chi connectivity index (χ4n) is 2.03. The summed E-state index contributed by atoms with van der Waals surface area (Å²) in [6, 6.07) is 0. The van der Waals surface area contributed by atoms with Crippen LogP contribution in [0.4, 0.5) is 0 Å². The Balaban J connectivity index is 1.82. The summed E-state index contributed by atoms with van der Waals surface area (Å²) in [5, 5.41) is 0. The number of aromatic nitrogens is 1. The van der Waals surface area contributed by atoms with Gasteiger partial charge in [-0.05, 0) is 38.5 Å². The molecular weight excluding hydrogens is 222 g/mol. The Labute approximate surface area is 112 Å². The predicted molar refractivity (Wildman–Crippen MR) is 76.6 cm³/mol. The van der Waals surface area contributed by atoms with Crippen molar-refractivity contribution in [1.82, 2.24) is 4.98 Å². The van der Waals surface area contributed by atoms with Crippen molar-refractivity contribution in [3.8, 4) is 0 Å². The normalized spacial score (nSPS) is 11.4. The van der Waals surface area contributed by atoms with Crippen molar-refractivity contribution in [3.63, 3.8) is 0 Å². The fourth-order valence-corrected chi connectivity index (χ4v) is 2.03. The summed E-state index contributed by atoms with van der Waals surface area (Å²) in [5.41, 5.74) is 1.08. The summed E-state index contributed by atoms with van der Waals surface area (Å²) in [5.74, 6) is 0. The van der Waals surface area contributed by atoms with Gasteiger partial charge in [-0.3, -0.25) is 0 Å². The molecule has 0 aromatic carbocycles. The molecule has 2 nitrogen and oxygen atoms in total. The van der Waals surface area contributed by atoms with Gasteiger partial charge in [0.15, 0.2) is 6.39 Å². The number of oxazole rings is 1. The molecule has 1 rings (SSSR count). The van der Waals surface area contributed by atoms with Gasteiger partial charge < -0.3 is 4.42 Å².